The van der Waals surface area contributed by atoms with Crippen LogP contribution in [0.1, 0.15) is 48.9 Å². The lowest BCUT2D eigenvalue weighted by Crippen LogP contribution is -2.42. The van der Waals surface area contributed by atoms with Crippen molar-refractivity contribution in [1.82, 2.24) is 9.71 Å². The number of hydrogen-bond acceptors (Lipinski definition) is 5. The maximum Gasteiger partial charge on any atom is 0.417 e. The molecule has 1 saturated heterocycles. The van der Waals surface area contributed by atoms with Crippen LogP contribution in [0.5, 0.6) is 0 Å². The van der Waals surface area contributed by atoms with Crippen LogP contribution < -0.4 is 9.62 Å². The SMILES string of the molecule is CS(=O)(=O)NCC1(c2ccc(N3CCC[C@H](CC(=O)Cc4ccc(C(F)(F)F)cn4)C3=O)cc2)CC1.S. The summed E-state index contributed by atoms with van der Waals surface area (Å²) in [5.74, 6) is -0.886. The molecule has 1 amide bonds. The third-order valence-electron chi connectivity index (χ3n) is 6.87. The number of sulfonamides is 1. The van der Waals surface area contributed by atoms with E-state index in [1.54, 1.807) is 4.90 Å². The van der Waals surface area contributed by atoms with Crippen LogP contribution in [0.3, 0.4) is 0 Å². The summed E-state index contributed by atoms with van der Waals surface area (Å²) in [5, 5.41) is 0. The second-order valence-corrected chi connectivity index (χ2v) is 11.5. The molecule has 2 aliphatic rings. The van der Waals surface area contributed by atoms with E-state index in [2.05, 4.69) is 9.71 Å². The molecular weight excluding hydrogens is 527 g/mol. The van der Waals surface area contributed by atoms with Crippen LogP contribution >= 0.6 is 13.5 Å². The Labute approximate surface area is 221 Å². The van der Waals surface area contributed by atoms with Gasteiger partial charge in [-0.25, -0.2) is 13.1 Å². The van der Waals surface area contributed by atoms with Gasteiger partial charge < -0.3 is 4.90 Å². The number of ketones is 1. The summed E-state index contributed by atoms with van der Waals surface area (Å²) in [7, 11) is -3.28. The molecule has 0 spiro atoms. The van der Waals surface area contributed by atoms with Crippen molar-refractivity contribution >= 4 is 40.9 Å². The standard InChI is InChI=1S/C25H28F3N3O4S.H2S/c1-36(34,35)30-16-24(10-11-24)18-5-8-21(9-6-18)31-12-2-3-17(23(31)33)13-22(32)14-20-7-4-19(15-29-20)25(26,27)28;/h4-9,15,17,30H,2-3,10-14,16H2,1H3;1H2/t17-;/m1./s1. The third kappa shape index (κ3) is 7.32. The Morgan fingerprint density at radius 3 is 2.38 bits per heavy atom. The van der Waals surface area contributed by atoms with E-state index >= 15 is 0 Å². The number of hydrogen-bond donors (Lipinski definition) is 1. The first-order valence-corrected chi connectivity index (χ1v) is 13.7. The molecule has 37 heavy (non-hydrogen) atoms. The molecule has 1 aromatic carbocycles. The highest BCUT2D eigenvalue weighted by Crippen LogP contribution is 2.48. The molecule has 2 fully saturated rings. The smallest absolute Gasteiger partial charge is 0.312 e. The number of Topliss-reactive ketones (excluding diaryl/α,β-unsaturated/α-hetero) is 1. The number of alkyl halides is 3. The molecule has 1 aliphatic carbocycles. The lowest BCUT2D eigenvalue weighted by atomic mass is 9.90. The molecule has 2 heterocycles. The molecule has 1 N–H and O–H groups in total. The number of benzene rings is 1. The number of halogens is 3. The van der Waals surface area contributed by atoms with E-state index in [1.807, 2.05) is 24.3 Å². The van der Waals surface area contributed by atoms with Crippen LogP contribution in [0.2, 0.25) is 0 Å². The summed E-state index contributed by atoms with van der Waals surface area (Å²) in [6.07, 6.45) is 0.309. The van der Waals surface area contributed by atoms with Gasteiger partial charge in [-0.05, 0) is 55.5 Å². The second kappa shape index (κ2) is 11.1. The number of aromatic nitrogens is 1. The van der Waals surface area contributed by atoms with Crippen molar-refractivity contribution in [3.8, 4) is 0 Å². The predicted molar refractivity (Wildman–Crippen MR) is 138 cm³/mol. The van der Waals surface area contributed by atoms with Gasteiger partial charge in [0, 0.05) is 54.8 Å². The number of rotatable bonds is 9. The van der Waals surface area contributed by atoms with E-state index < -0.39 is 27.7 Å². The summed E-state index contributed by atoms with van der Waals surface area (Å²) in [6.45, 7) is 0.871. The molecule has 0 radical (unpaired) electrons. The van der Waals surface area contributed by atoms with Gasteiger partial charge in [0.25, 0.3) is 0 Å². The van der Waals surface area contributed by atoms with Gasteiger partial charge in [0.1, 0.15) is 5.78 Å². The second-order valence-electron chi connectivity index (χ2n) is 9.71. The van der Waals surface area contributed by atoms with E-state index in [4.69, 9.17) is 0 Å². The van der Waals surface area contributed by atoms with Crippen molar-refractivity contribution in [2.24, 2.45) is 5.92 Å². The van der Waals surface area contributed by atoms with Crippen LogP contribution in [0.4, 0.5) is 18.9 Å². The Morgan fingerprint density at radius 1 is 1.16 bits per heavy atom. The zero-order chi connectivity index (χ0) is 26.1. The van der Waals surface area contributed by atoms with Gasteiger partial charge in [0.2, 0.25) is 15.9 Å². The fourth-order valence-corrected chi connectivity index (χ4v) is 5.16. The Hall–Kier alpha value is -2.44. The number of amides is 1. The van der Waals surface area contributed by atoms with Gasteiger partial charge in [-0.1, -0.05) is 12.1 Å². The molecule has 202 valence electrons. The highest BCUT2D eigenvalue weighted by atomic mass is 32.2. The number of piperidine rings is 1. The lowest BCUT2D eigenvalue weighted by Gasteiger charge is -2.32. The first kappa shape index (κ1) is 29.1. The first-order valence-electron chi connectivity index (χ1n) is 11.8. The van der Waals surface area contributed by atoms with Gasteiger partial charge in [0.15, 0.2) is 0 Å². The monoisotopic (exact) mass is 557 g/mol. The quantitative estimate of drug-likeness (QED) is 0.507. The van der Waals surface area contributed by atoms with E-state index in [1.165, 1.54) is 6.07 Å². The Bertz CT molecular complexity index is 1230. The van der Waals surface area contributed by atoms with Crippen LogP contribution in [0.25, 0.3) is 0 Å². The fraction of sp³-hybridized carbons (Fsp3) is 0.480. The average molecular weight is 558 g/mol. The summed E-state index contributed by atoms with van der Waals surface area (Å²) in [4.78, 5) is 31.1. The maximum absolute atomic E-state index is 13.1. The topological polar surface area (TPSA) is 96.4 Å². The molecule has 7 nitrogen and oxygen atoms in total. The van der Waals surface area contributed by atoms with Gasteiger partial charge >= 0.3 is 6.18 Å². The van der Waals surface area contributed by atoms with Gasteiger partial charge in [-0.3, -0.25) is 14.6 Å². The van der Waals surface area contributed by atoms with Crippen molar-refractivity contribution in [3.63, 3.8) is 0 Å². The minimum atomic E-state index is -4.49. The molecule has 0 bridgehead atoms. The molecule has 1 saturated carbocycles. The average Bonchev–Trinajstić information content (AvgIpc) is 3.60. The molecule has 1 aromatic heterocycles. The Kier molecular flexibility index (Phi) is 8.75. The molecule has 12 heteroatoms. The van der Waals surface area contributed by atoms with E-state index in [-0.39, 0.29) is 49.1 Å². The van der Waals surface area contributed by atoms with Gasteiger partial charge in [-0.15, -0.1) is 0 Å². The molecular formula is C25H30F3N3O4S2. The van der Waals surface area contributed by atoms with Crippen molar-refractivity contribution in [1.29, 1.82) is 0 Å². The summed E-state index contributed by atoms with van der Waals surface area (Å²) < 4.78 is 63.6. The van der Waals surface area contributed by atoms with Gasteiger partial charge in [-0.2, -0.15) is 26.7 Å². The molecule has 0 unspecified atom stereocenters. The number of nitrogens with zero attached hydrogens (tertiary/aromatic N) is 2. The third-order valence-corrected chi connectivity index (χ3v) is 7.54. The van der Waals surface area contributed by atoms with Gasteiger partial charge in [0.05, 0.1) is 11.8 Å². The Morgan fingerprint density at radius 2 is 1.84 bits per heavy atom. The first-order chi connectivity index (χ1) is 16.9. The van der Waals surface area contributed by atoms with Crippen molar-refractivity contribution in [2.45, 2.75) is 50.1 Å². The molecule has 2 aromatic rings. The minimum absolute atomic E-state index is 0. The predicted octanol–water partition coefficient (Wildman–Crippen LogP) is 3.74. The van der Waals surface area contributed by atoms with Crippen molar-refractivity contribution in [2.75, 3.05) is 24.2 Å². The Balaban J connectivity index is 0.00000380. The fourth-order valence-electron chi connectivity index (χ4n) is 4.62. The zero-order valence-corrected chi connectivity index (χ0v) is 22.2. The number of pyridine rings is 1. The number of carbonyl (C=O) groups is 2. The maximum atomic E-state index is 13.1. The van der Waals surface area contributed by atoms with E-state index in [0.29, 0.717) is 25.7 Å². The van der Waals surface area contributed by atoms with Crippen LogP contribution in [0.15, 0.2) is 42.6 Å². The largest absolute Gasteiger partial charge is 0.417 e. The van der Waals surface area contributed by atoms with Crippen LogP contribution in [0, 0.1) is 5.92 Å². The van der Waals surface area contributed by atoms with Crippen LogP contribution in [-0.4, -0.2) is 44.4 Å². The molecule has 4 rings (SSSR count). The summed E-state index contributed by atoms with van der Waals surface area (Å²) >= 11 is 0. The highest BCUT2D eigenvalue weighted by molar-refractivity contribution is 7.88. The van der Waals surface area contributed by atoms with E-state index in [9.17, 15) is 31.2 Å². The zero-order valence-electron chi connectivity index (χ0n) is 20.3. The highest BCUT2D eigenvalue weighted by Gasteiger charge is 2.44. The van der Waals surface area contributed by atoms with E-state index in [0.717, 1.165) is 42.8 Å². The van der Waals surface area contributed by atoms with Crippen molar-refractivity contribution in [3.05, 3.63) is 59.4 Å². The molecule has 1 aliphatic heterocycles. The minimum Gasteiger partial charge on any atom is -0.312 e. The number of nitrogens with one attached hydrogen (secondary N) is 1. The summed E-state index contributed by atoms with van der Waals surface area (Å²) in [5.41, 5.74) is 0.888. The van der Waals surface area contributed by atoms with Crippen molar-refractivity contribution < 1.29 is 31.2 Å². The van der Waals surface area contributed by atoms with Crippen LogP contribution in [-0.2, 0) is 37.6 Å². The molecule has 1 atom stereocenters. The summed E-state index contributed by atoms with van der Waals surface area (Å²) in [6, 6.07) is 9.63. The number of carbonyl (C=O) groups excluding carboxylic acids is 2. The number of anilines is 1. The lowest BCUT2D eigenvalue weighted by molar-refractivity contribution is -0.137. The normalized spacial score (nSPS) is 19.3.